The van der Waals surface area contributed by atoms with Crippen molar-refractivity contribution < 1.29 is 13.9 Å². The predicted molar refractivity (Wildman–Crippen MR) is 136 cm³/mol. The highest BCUT2D eigenvalue weighted by Gasteiger charge is 2.38. The molecule has 6 rings (SSSR count). The summed E-state index contributed by atoms with van der Waals surface area (Å²) in [4.78, 5) is 0. The van der Waals surface area contributed by atoms with E-state index in [4.69, 9.17) is 13.9 Å². The lowest BCUT2D eigenvalue weighted by atomic mass is 9.83. The average Bonchev–Trinajstić information content (AvgIpc) is 3.22. The topological polar surface area (TPSA) is 43.6 Å². The number of ether oxygens (including phenoxy) is 2. The van der Waals surface area contributed by atoms with Crippen LogP contribution in [0.4, 0.5) is 0 Å². The minimum absolute atomic E-state index is 0.0148. The van der Waals surface area contributed by atoms with E-state index in [1.165, 1.54) is 27.5 Å². The second kappa shape index (κ2) is 8.61. The highest BCUT2D eigenvalue weighted by atomic mass is 16.7. The maximum absolute atomic E-state index is 6.52. The number of dihydropyridines is 1. The lowest BCUT2D eigenvalue weighted by Crippen LogP contribution is -2.47. The molecule has 0 amide bonds. The monoisotopic (exact) mass is 453 g/mol. The summed E-state index contributed by atoms with van der Waals surface area (Å²) in [6.45, 7) is 6.40. The molecule has 1 fully saturated rings. The first kappa shape index (κ1) is 21.5. The van der Waals surface area contributed by atoms with Crippen molar-refractivity contribution in [2.75, 3.05) is 0 Å². The molecule has 0 radical (unpaired) electrons. The van der Waals surface area contributed by atoms with E-state index in [2.05, 4.69) is 86.9 Å². The van der Waals surface area contributed by atoms with E-state index < -0.39 is 0 Å². The van der Waals surface area contributed by atoms with Crippen LogP contribution in [0.15, 0.2) is 71.3 Å². The third-order valence-electron chi connectivity index (χ3n) is 7.20. The van der Waals surface area contributed by atoms with Gasteiger partial charge in [-0.05, 0) is 63.1 Å². The molecule has 34 heavy (non-hydrogen) atoms. The molecule has 3 aromatic rings. The fourth-order valence-corrected chi connectivity index (χ4v) is 5.55. The van der Waals surface area contributed by atoms with Crippen molar-refractivity contribution >= 4 is 28.2 Å². The van der Waals surface area contributed by atoms with Gasteiger partial charge in [-0.1, -0.05) is 60.2 Å². The van der Waals surface area contributed by atoms with Crippen LogP contribution in [0, 0.1) is 12.8 Å². The van der Waals surface area contributed by atoms with Crippen LogP contribution in [-0.2, 0) is 9.47 Å². The molecule has 0 spiro atoms. The van der Waals surface area contributed by atoms with E-state index in [9.17, 15) is 0 Å². The van der Waals surface area contributed by atoms with Crippen molar-refractivity contribution in [1.29, 1.82) is 0 Å². The second-order valence-electron chi connectivity index (χ2n) is 9.81. The molecule has 1 N–H and O–H groups in total. The zero-order valence-electron chi connectivity index (χ0n) is 20.0. The first-order chi connectivity index (χ1) is 16.6. The molecule has 174 valence electrons. The molecule has 1 aliphatic carbocycles. The van der Waals surface area contributed by atoms with Gasteiger partial charge in [-0.25, -0.2) is 0 Å². The van der Waals surface area contributed by atoms with E-state index in [1.807, 2.05) is 12.1 Å². The van der Waals surface area contributed by atoms with Crippen LogP contribution in [0.2, 0.25) is 0 Å². The summed E-state index contributed by atoms with van der Waals surface area (Å²) in [5.74, 6) is 0.0674. The third kappa shape index (κ3) is 3.81. The molecule has 0 saturated carbocycles. The summed E-state index contributed by atoms with van der Waals surface area (Å²) in [6.07, 6.45) is 10.6. The third-order valence-corrected chi connectivity index (χ3v) is 7.20. The average molecular weight is 454 g/mol. The van der Waals surface area contributed by atoms with Crippen molar-refractivity contribution in [1.82, 2.24) is 5.32 Å². The summed E-state index contributed by atoms with van der Waals surface area (Å²) >= 11 is 0. The normalized spacial score (nSPS) is 28.7. The Bertz CT molecular complexity index is 1390. The largest absolute Gasteiger partial charge is 0.456 e. The van der Waals surface area contributed by atoms with Gasteiger partial charge >= 0.3 is 0 Å². The van der Waals surface area contributed by atoms with E-state index in [-0.39, 0.29) is 30.5 Å². The van der Waals surface area contributed by atoms with E-state index in [0.717, 1.165) is 29.2 Å². The second-order valence-corrected chi connectivity index (χ2v) is 9.81. The van der Waals surface area contributed by atoms with Crippen LogP contribution < -0.4 is 16.0 Å². The quantitative estimate of drug-likeness (QED) is 0.619. The van der Waals surface area contributed by atoms with Crippen molar-refractivity contribution in [2.45, 2.75) is 58.2 Å². The Balaban J connectivity index is 1.51. The van der Waals surface area contributed by atoms with Gasteiger partial charge in [-0.3, -0.25) is 0 Å². The number of hydrogen-bond donors (Lipinski definition) is 1. The van der Waals surface area contributed by atoms with Gasteiger partial charge in [0.2, 0.25) is 0 Å². The number of para-hydroxylation sites is 1. The summed E-state index contributed by atoms with van der Waals surface area (Å²) in [7, 11) is 0. The van der Waals surface area contributed by atoms with Gasteiger partial charge in [-0.15, -0.1) is 0 Å². The Morgan fingerprint density at radius 2 is 1.71 bits per heavy atom. The SMILES string of the molecule is Cc1ccc(C2=CC(C3=c4oc5ccccc5c4=CCC3C3OC(C)CC(C)O3)NC=C2)cc1. The van der Waals surface area contributed by atoms with Gasteiger partial charge in [0.25, 0.3) is 0 Å². The lowest BCUT2D eigenvalue weighted by molar-refractivity contribution is -0.247. The lowest BCUT2D eigenvalue weighted by Gasteiger charge is -2.39. The maximum atomic E-state index is 6.52. The molecular weight excluding hydrogens is 422 g/mol. The zero-order valence-corrected chi connectivity index (χ0v) is 20.0. The van der Waals surface area contributed by atoms with E-state index in [0.29, 0.717) is 0 Å². The highest BCUT2D eigenvalue weighted by Crippen LogP contribution is 2.35. The van der Waals surface area contributed by atoms with Crippen LogP contribution in [-0.4, -0.2) is 24.5 Å². The van der Waals surface area contributed by atoms with Gasteiger partial charge in [-0.2, -0.15) is 0 Å². The Hall–Kier alpha value is -3.08. The summed E-state index contributed by atoms with van der Waals surface area (Å²) in [5, 5.41) is 5.94. The number of furan rings is 1. The first-order valence-corrected chi connectivity index (χ1v) is 12.3. The molecule has 3 aliphatic rings. The van der Waals surface area contributed by atoms with Crippen LogP contribution in [0.1, 0.15) is 37.8 Å². The molecule has 4 nitrogen and oxygen atoms in total. The molecule has 4 heteroatoms. The molecule has 2 aliphatic heterocycles. The summed E-state index contributed by atoms with van der Waals surface area (Å²) < 4.78 is 19.2. The van der Waals surface area contributed by atoms with Crippen molar-refractivity contribution in [3.8, 4) is 0 Å². The fourth-order valence-electron chi connectivity index (χ4n) is 5.55. The number of allylic oxidation sites excluding steroid dienone is 2. The van der Waals surface area contributed by atoms with Crippen LogP contribution >= 0.6 is 0 Å². The molecule has 1 aromatic heterocycles. The van der Waals surface area contributed by atoms with Crippen LogP contribution in [0.5, 0.6) is 0 Å². The molecule has 0 bridgehead atoms. The van der Waals surface area contributed by atoms with Crippen LogP contribution in [0.25, 0.3) is 28.2 Å². The highest BCUT2D eigenvalue weighted by molar-refractivity contribution is 5.82. The van der Waals surface area contributed by atoms with E-state index in [1.54, 1.807) is 0 Å². The number of aryl methyl sites for hydroxylation is 1. The Labute approximate surface area is 200 Å². The maximum Gasteiger partial charge on any atom is 0.165 e. The number of benzene rings is 2. The van der Waals surface area contributed by atoms with E-state index >= 15 is 0 Å². The minimum Gasteiger partial charge on any atom is -0.456 e. The Morgan fingerprint density at radius 1 is 0.941 bits per heavy atom. The fraction of sp³-hybridized carbons (Fsp3) is 0.333. The summed E-state index contributed by atoms with van der Waals surface area (Å²) in [6, 6.07) is 17.0. The van der Waals surface area contributed by atoms with Gasteiger partial charge in [0.1, 0.15) is 11.0 Å². The number of rotatable bonds is 3. The van der Waals surface area contributed by atoms with Gasteiger partial charge in [0.05, 0.1) is 18.2 Å². The van der Waals surface area contributed by atoms with Gasteiger partial charge in [0, 0.05) is 22.1 Å². The zero-order chi connectivity index (χ0) is 23.2. The Kier molecular flexibility index (Phi) is 5.43. The molecule has 1 saturated heterocycles. The van der Waals surface area contributed by atoms with Crippen molar-refractivity contribution in [2.24, 2.45) is 5.92 Å². The smallest absolute Gasteiger partial charge is 0.165 e. The molecule has 3 heterocycles. The molecule has 2 aromatic carbocycles. The molecular formula is C30H31NO3. The minimum atomic E-state index is -0.296. The number of fused-ring (bicyclic) bond motifs is 3. The molecule has 4 atom stereocenters. The number of nitrogens with one attached hydrogen (secondary N) is 1. The van der Waals surface area contributed by atoms with Crippen molar-refractivity contribution in [3.05, 3.63) is 88.6 Å². The van der Waals surface area contributed by atoms with Crippen LogP contribution in [0.3, 0.4) is 0 Å². The molecule has 4 unspecified atom stereocenters. The predicted octanol–water partition coefficient (Wildman–Crippen LogP) is 4.80. The van der Waals surface area contributed by atoms with Gasteiger partial charge in [0.15, 0.2) is 6.29 Å². The van der Waals surface area contributed by atoms with Crippen molar-refractivity contribution in [3.63, 3.8) is 0 Å². The summed E-state index contributed by atoms with van der Waals surface area (Å²) in [5.41, 5.74) is 6.75. The Morgan fingerprint density at radius 3 is 2.50 bits per heavy atom. The standard InChI is InChI=1S/C30H31NO3/c1-18-8-10-21(11-9-18)22-14-15-31-26(17-22)28-25(30-32-19(2)16-20(3)33-30)13-12-24-23-6-4-5-7-27(23)34-29(24)28/h4-12,14-15,17,19-20,25-26,30-31H,13,16H2,1-3H3. The first-order valence-electron chi connectivity index (χ1n) is 12.3. The number of hydrogen-bond acceptors (Lipinski definition) is 4. The van der Waals surface area contributed by atoms with Gasteiger partial charge < -0.3 is 19.2 Å².